The van der Waals surface area contributed by atoms with Crippen LogP contribution >= 0.6 is 0 Å². The second-order valence-electron chi connectivity index (χ2n) is 8.26. The Balaban J connectivity index is 2.21. The van der Waals surface area contributed by atoms with E-state index in [4.69, 9.17) is 4.74 Å². The number of esters is 1. The van der Waals surface area contributed by atoms with Crippen LogP contribution in [-0.2, 0) is 9.53 Å². The topological polar surface area (TPSA) is 38.3 Å². The van der Waals surface area contributed by atoms with Crippen LogP contribution in [0.5, 0.6) is 0 Å². The molecule has 1 N–H and O–H groups in total. The molecule has 2 rings (SSSR count). The van der Waals surface area contributed by atoms with Crippen LogP contribution in [-0.4, -0.2) is 25.2 Å². The summed E-state index contributed by atoms with van der Waals surface area (Å²) in [5.41, 5.74) is -0.137. The van der Waals surface area contributed by atoms with Gasteiger partial charge in [0.2, 0.25) is 0 Å². The molecule has 3 nitrogen and oxygen atoms in total. The second-order valence-corrected chi connectivity index (χ2v) is 8.26. The molecule has 0 saturated heterocycles. The predicted molar refractivity (Wildman–Crippen MR) is 76.9 cm³/mol. The molecule has 0 aromatic rings. The third kappa shape index (κ3) is 3.50. The molecule has 19 heavy (non-hydrogen) atoms. The summed E-state index contributed by atoms with van der Waals surface area (Å²) in [7, 11) is 1.51. The molecule has 0 amide bonds. The van der Waals surface area contributed by atoms with E-state index in [1.807, 2.05) is 0 Å². The fourth-order valence-corrected chi connectivity index (χ4v) is 4.32. The predicted octanol–water partition coefficient (Wildman–Crippen LogP) is 3.13. The van der Waals surface area contributed by atoms with Crippen LogP contribution in [0.15, 0.2) is 0 Å². The molecule has 0 aliphatic heterocycles. The highest BCUT2D eigenvalue weighted by molar-refractivity contribution is 5.81. The average Bonchev–Trinajstić information content (AvgIpc) is 3.04. The van der Waals surface area contributed by atoms with E-state index < -0.39 is 5.54 Å². The van der Waals surface area contributed by atoms with Crippen LogP contribution in [0.1, 0.15) is 59.8 Å². The second kappa shape index (κ2) is 4.76. The van der Waals surface area contributed by atoms with E-state index >= 15 is 0 Å². The first kappa shape index (κ1) is 14.8. The lowest BCUT2D eigenvalue weighted by Crippen LogP contribution is -2.60. The van der Waals surface area contributed by atoms with Crippen molar-refractivity contribution in [2.45, 2.75) is 65.3 Å². The monoisotopic (exact) mass is 267 g/mol. The fourth-order valence-electron chi connectivity index (χ4n) is 4.32. The van der Waals surface area contributed by atoms with E-state index in [1.54, 1.807) is 0 Å². The zero-order valence-electron chi connectivity index (χ0n) is 13.1. The molecular formula is C16H29NO2. The van der Waals surface area contributed by atoms with Gasteiger partial charge in [0.05, 0.1) is 7.11 Å². The van der Waals surface area contributed by atoms with Gasteiger partial charge in [-0.1, -0.05) is 27.7 Å². The van der Waals surface area contributed by atoms with Crippen molar-refractivity contribution in [1.82, 2.24) is 5.32 Å². The molecule has 2 fully saturated rings. The van der Waals surface area contributed by atoms with Crippen LogP contribution in [0.2, 0.25) is 0 Å². The smallest absolute Gasteiger partial charge is 0.326 e. The van der Waals surface area contributed by atoms with Crippen molar-refractivity contribution in [3.05, 3.63) is 0 Å². The molecule has 2 aliphatic rings. The number of rotatable bonds is 4. The molecule has 0 radical (unpaired) electrons. The summed E-state index contributed by atoms with van der Waals surface area (Å²) in [5, 5.41) is 3.58. The van der Waals surface area contributed by atoms with Crippen molar-refractivity contribution in [3.8, 4) is 0 Å². The summed E-state index contributed by atoms with van der Waals surface area (Å²) in [6.07, 6.45) is 5.52. The number of hydrogen-bond donors (Lipinski definition) is 1. The summed E-state index contributed by atoms with van der Waals surface area (Å²) in [4.78, 5) is 12.4. The maximum absolute atomic E-state index is 12.4. The van der Waals surface area contributed by atoms with Gasteiger partial charge >= 0.3 is 5.97 Å². The van der Waals surface area contributed by atoms with Gasteiger partial charge in [-0.05, 0) is 55.4 Å². The van der Waals surface area contributed by atoms with E-state index in [0.717, 1.165) is 31.7 Å². The largest absolute Gasteiger partial charge is 0.468 e. The first-order chi connectivity index (χ1) is 8.68. The third-order valence-corrected chi connectivity index (χ3v) is 4.52. The van der Waals surface area contributed by atoms with Crippen molar-refractivity contribution < 1.29 is 9.53 Å². The van der Waals surface area contributed by atoms with Crippen molar-refractivity contribution in [2.75, 3.05) is 13.7 Å². The van der Waals surface area contributed by atoms with E-state index in [0.29, 0.717) is 0 Å². The number of carbonyl (C=O) groups is 1. The first-order valence-electron chi connectivity index (χ1n) is 7.52. The molecule has 0 heterocycles. The molecule has 2 aliphatic carbocycles. The van der Waals surface area contributed by atoms with Crippen LogP contribution in [0, 0.1) is 16.7 Å². The Morgan fingerprint density at radius 2 is 1.63 bits per heavy atom. The number of nitrogens with one attached hydrogen (secondary N) is 1. The fraction of sp³-hybridized carbons (Fsp3) is 0.938. The molecule has 0 unspecified atom stereocenters. The van der Waals surface area contributed by atoms with Crippen molar-refractivity contribution in [3.63, 3.8) is 0 Å². The van der Waals surface area contributed by atoms with Crippen LogP contribution < -0.4 is 5.32 Å². The minimum Gasteiger partial charge on any atom is -0.468 e. The van der Waals surface area contributed by atoms with Crippen LogP contribution in [0.25, 0.3) is 0 Å². The molecule has 110 valence electrons. The number of carbonyl (C=O) groups excluding carboxylic acids is 1. The minimum absolute atomic E-state index is 0.0750. The normalized spacial score (nSPS) is 27.8. The van der Waals surface area contributed by atoms with Crippen LogP contribution in [0.4, 0.5) is 0 Å². The Morgan fingerprint density at radius 3 is 2.05 bits per heavy atom. The standard InChI is InChI=1S/C16H29NO2/c1-14(2)9-15(3,4)11-16(10-14,13(18)19-5)17-8-12-6-7-12/h12,17H,6-11H2,1-5H3. The highest BCUT2D eigenvalue weighted by atomic mass is 16.5. The van der Waals surface area contributed by atoms with Crippen molar-refractivity contribution in [1.29, 1.82) is 0 Å². The van der Waals surface area contributed by atoms with Gasteiger partial charge in [-0.25, -0.2) is 0 Å². The highest BCUT2D eigenvalue weighted by Crippen LogP contribution is 2.50. The molecule has 3 heteroatoms. The lowest BCUT2D eigenvalue weighted by molar-refractivity contribution is -0.155. The zero-order valence-corrected chi connectivity index (χ0v) is 13.1. The molecule has 0 atom stereocenters. The van der Waals surface area contributed by atoms with E-state index in [9.17, 15) is 4.79 Å². The Bertz CT molecular complexity index is 340. The van der Waals surface area contributed by atoms with Gasteiger partial charge in [-0.15, -0.1) is 0 Å². The molecule has 0 aromatic heterocycles. The Kier molecular flexibility index (Phi) is 3.72. The highest BCUT2D eigenvalue weighted by Gasteiger charge is 2.52. The summed E-state index contributed by atoms with van der Waals surface area (Å²) >= 11 is 0. The summed E-state index contributed by atoms with van der Waals surface area (Å²) in [6, 6.07) is 0. The Hall–Kier alpha value is -0.570. The molecule has 0 bridgehead atoms. The van der Waals surface area contributed by atoms with Gasteiger partial charge in [0.25, 0.3) is 0 Å². The number of methoxy groups -OCH3 is 1. The van der Waals surface area contributed by atoms with Crippen molar-refractivity contribution >= 4 is 5.97 Å². The summed E-state index contributed by atoms with van der Waals surface area (Å²) < 4.78 is 5.13. The molecule has 0 spiro atoms. The summed E-state index contributed by atoms with van der Waals surface area (Å²) in [6.45, 7) is 10.0. The quantitative estimate of drug-likeness (QED) is 0.795. The van der Waals surface area contributed by atoms with Crippen LogP contribution in [0.3, 0.4) is 0 Å². The number of ether oxygens (including phenoxy) is 1. The third-order valence-electron chi connectivity index (χ3n) is 4.52. The SMILES string of the molecule is COC(=O)C1(NCC2CC2)CC(C)(C)CC(C)(C)C1. The molecule has 2 saturated carbocycles. The minimum atomic E-state index is -0.484. The summed E-state index contributed by atoms with van der Waals surface area (Å²) in [5.74, 6) is 0.698. The Morgan fingerprint density at radius 1 is 1.11 bits per heavy atom. The van der Waals surface area contributed by atoms with E-state index in [2.05, 4.69) is 33.0 Å². The van der Waals surface area contributed by atoms with Gasteiger partial charge in [0, 0.05) is 0 Å². The molecule has 0 aromatic carbocycles. The van der Waals surface area contributed by atoms with E-state index in [-0.39, 0.29) is 16.8 Å². The number of hydrogen-bond acceptors (Lipinski definition) is 3. The lowest BCUT2D eigenvalue weighted by atomic mass is 9.58. The van der Waals surface area contributed by atoms with Gasteiger partial charge in [-0.3, -0.25) is 4.79 Å². The van der Waals surface area contributed by atoms with Crippen molar-refractivity contribution in [2.24, 2.45) is 16.7 Å². The van der Waals surface area contributed by atoms with Gasteiger partial charge in [-0.2, -0.15) is 0 Å². The molecular weight excluding hydrogens is 238 g/mol. The maximum atomic E-state index is 12.4. The van der Waals surface area contributed by atoms with Gasteiger partial charge in [0.1, 0.15) is 5.54 Å². The first-order valence-corrected chi connectivity index (χ1v) is 7.52. The average molecular weight is 267 g/mol. The van der Waals surface area contributed by atoms with Gasteiger partial charge in [0.15, 0.2) is 0 Å². The Labute approximate surface area is 117 Å². The lowest BCUT2D eigenvalue weighted by Gasteiger charge is -2.50. The van der Waals surface area contributed by atoms with Gasteiger partial charge < -0.3 is 10.1 Å². The maximum Gasteiger partial charge on any atom is 0.326 e. The zero-order chi connectivity index (χ0) is 14.3. The van der Waals surface area contributed by atoms with E-state index in [1.165, 1.54) is 20.0 Å².